The Balaban J connectivity index is 1.19. The van der Waals surface area contributed by atoms with Crippen LogP contribution in [-0.2, 0) is 35.6 Å². The highest BCUT2D eigenvalue weighted by atomic mass is 32.2. The van der Waals surface area contributed by atoms with Gasteiger partial charge in [-0.25, -0.2) is 18.2 Å². The number of pyridine rings is 1. The van der Waals surface area contributed by atoms with Gasteiger partial charge >= 0.3 is 6.09 Å². The molecular weight excluding hydrogens is 827 g/mol. The quantitative estimate of drug-likeness (QED) is 0.203. The van der Waals surface area contributed by atoms with Gasteiger partial charge in [-0.05, 0) is 98.6 Å². The van der Waals surface area contributed by atoms with Crippen molar-refractivity contribution in [3.8, 4) is 28.5 Å². The van der Waals surface area contributed by atoms with Crippen LogP contribution in [-0.4, -0.2) is 98.5 Å². The Labute approximate surface area is 369 Å². The number of amides is 4. The third-order valence-corrected chi connectivity index (χ3v) is 15.3. The van der Waals surface area contributed by atoms with Crippen LogP contribution in [0.1, 0.15) is 90.0 Å². The maximum atomic E-state index is 15.1. The number of carbonyl (C=O) groups excluding carboxylic acids is 4. The summed E-state index contributed by atoms with van der Waals surface area (Å²) in [7, 11) is -0.699. The summed E-state index contributed by atoms with van der Waals surface area (Å²) in [6.45, 7) is 8.01. The fourth-order valence-corrected chi connectivity index (χ4v) is 10.9. The molecule has 3 aliphatic carbocycles. The van der Waals surface area contributed by atoms with E-state index in [2.05, 4.69) is 21.9 Å². The molecule has 3 saturated carbocycles. The molecule has 0 spiro atoms. The van der Waals surface area contributed by atoms with Crippen LogP contribution in [0.15, 0.2) is 55.1 Å². The third kappa shape index (κ3) is 9.46. The SMILES string of the molecule is C=C[C@@H]1C[C@]1(NC(=O)[C@@H]1C[C@@H]2CN1C(=O)[C@H](C1CCCCC1)NC(=O)OCC(C)(C)CCCc1cc3c(cc(-c4ccc(OC)cc4)nc3cc1OC)O2)C(=O)NS(=O)(=O)C1CC1. The van der Waals surface area contributed by atoms with Crippen molar-refractivity contribution in [1.29, 1.82) is 0 Å². The number of hydrogen-bond acceptors (Lipinski definition) is 11. The van der Waals surface area contributed by atoms with Crippen molar-refractivity contribution in [1.82, 2.24) is 25.2 Å². The first kappa shape index (κ1) is 44.2. The first-order valence-corrected chi connectivity index (χ1v) is 23.8. The maximum Gasteiger partial charge on any atom is 0.407 e. The summed E-state index contributed by atoms with van der Waals surface area (Å²) in [4.78, 5) is 63.7. The van der Waals surface area contributed by atoms with Crippen LogP contribution in [0.25, 0.3) is 22.2 Å². The lowest BCUT2D eigenvalue weighted by molar-refractivity contribution is -0.142. The minimum absolute atomic E-state index is 0.0191. The van der Waals surface area contributed by atoms with Crippen LogP contribution in [0, 0.1) is 17.3 Å². The first-order valence-electron chi connectivity index (χ1n) is 22.2. The average Bonchev–Trinajstić information content (AvgIpc) is 4.21. The predicted molar refractivity (Wildman–Crippen MR) is 236 cm³/mol. The molecule has 5 atom stereocenters. The third-order valence-electron chi connectivity index (χ3n) is 13.5. The molecule has 8 rings (SSSR count). The van der Waals surface area contributed by atoms with Crippen LogP contribution in [0.2, 0.25) is 0 Å². The fourth-order valence-electron chi connectivity index (χ4n) is 9.52. The summed E-state index contributed by atoms with van der Waals surface area (Å²) in [6.07, 6.45) is 7.54. The number of alkyl carbamates (subject to hydrolysis) is 1. The molecule has 2 aliphatic heterocycles. The smallest absolute Gasteiger partial charge is 0.407 e. The van der Waals surface area contributed by atoms with Crippen molar-refractivity contribution in [2.75, 3.05) is 27.4 Å². The van der Waals surface area contributed by atoms with Gasteiger partial charge in [0.15, 0.2) is 0 Å². The van der Waals surface area contributed by atoms with Gasteiger partial charge < -0.3 is 34.5 Å². The van der Waals surface area contributed by atoms with Gasteiger partial charge in [-0.1, -0.05) is 39.2 Å². The number of nitrogens with zero attached hydrogens (tertiary/aromatic N) is 2. The molecule has 4 bridgehead atoms. The standard InChI is InChI=1S/C47H59N5O10S/c1-6-31-25-47(31,44(55)51-63(57,58)34-18-19-34)50-42(53)38-22-33-26-52(38)43(54)41(29-11-8-7-9-12-29)49-45(56)61-27-46(2,3)20-10-13-30-21-35-37(24-39(30)60-5)48-36(23-40(35)62-33)28-14-16-32(59-4)17-15-28/h6,14-17,21,23-24,29,31,33-34,38,41H,1,7-13,18-20,22,25-27H2,2-5H3,(H,49,56)(H,50,53)(H,51,55)/t31-,33-,38+,41+,47-/m1/s1. The molecule has 1 aromatic heterocycles. The molecule has 4 amide bonds. The van der Waals surface area contributed by atoms with E-state index >= 15 is 4.79 Å². The molecule has 0 unspecified atom stereocenters. The van der Waals surface area contributed by atoms with Crippen LogP contribution >= 0.6 is 0 Å². The van der Waals surface area contributed by atoms with Gasteiger partial charge in [-0.3, -0.25) is 19.1 Å². The van der Waals surface area contributed by atoms with Crippen LogP contribution in [0.5, 0.6) is 17.2 Å². The van der Waals surface area contributed by atoms with E-state index in [9.17, 15) is 22.8 Å². The van der Waals surface area contributed by atoms with Crippen molar-refractivity contribution >= 4 is 44.7 Å². The summed E-state index contributed by atoms with van der Waals surface area (Å²) in [6, 6.07) is 11.2. The van der Waals surface area contributed by atoms with E-state index in [4.69, 9.17) is 23.9 Å². The number of fused-ring (bicyclic) bond motifs is 3. The maximum absolute atomic E-state index is 15.1. The second-order valence-electron chi connectivity index (χ2n) is 18.7. The van der Waals surface area contributed by atoms with E-state index in [1.165, 1.54) is 11.0 Å². The number of methoxy groups -OCH3 is 2. The highest BCUT2D eigenvalue weighted by Gasteiger charge is 2.62. The Morgan fingerprint density at radius 3 is 2.41 bits per heavy atom. The van der Waals surface area contributed by atoms with Crippen molar-refractivity contribution < 1.29 is 46.5 Å². The lowest BCUT2D eigenvalue weighted by atomic mass is 9.83. The number of aryl methyl sites for hydroxylation is 1. The van der Waals surface area contributed by atoms with Crippen molar-refractivity contribution in [2.45, 2.75) is 120 Å². The second-order valence-corrected chi connectivity index (χ2v) is 20.7. The average molecular weight is 886 g/mol. The Morgan fingerprint density at radius 2 is 1.75 bits per heavy atom. The number of aromatic nitrogens is 1. The Bertz CT molecular complexity index is 2380. The van der Waals surface area contributed by atoms with Crippen LogP contribution < -0.4 is 29.6 Å². The minimum Gasteiger partial charge on any atom is -0.497 e. The topological polar surface area (TPSA) is 192 Å². The van der Waals surface area contributed by atoms with Crippen molar-refractivity contribution in [3.05, 3.63) is 60.7 Å². The molecule has 3 heterocycles. The second kappa shape index (κ2) is 17.6. The zero-order valence-corrected chi connectivity index (χ0v) is 37.4. The summed E-state index contributed by atoms with van der Waals surface area (Å²) >= 11 is 0. The van der Waals surface area contributed by atoms with Gasteiger partial charge in [0.25, 0.3) is 5.91 Å². The Morgan fingerprint density at radius 1 is 1.00 bits per heavy atom. The zero-order valence-electron chi connectivity index (χ0n) is 36.6. The first-order chi connectivity index (χ1) is 30.1. The molecule has 4 fully saturated rings. The molecule has 1 saturated heterocycles. The number of nitrogens with one attached hydrogen (secondary N) is 3. The number of hydrogen-bond donors (Lipinski definition) is 3. The number of cyclic esters (lactones) is 1. The molecule has 63 heavy (non-hydrogen) atoms. The molecule has 3 N–H and O–H groups in total. The highest BCUT2D eigenvalue weighted by molar-refractivity contribution is 7.91. The normalized spacial score (nSPS) is 26.6. The summed E-state index contributed by atoms with van der Waals surface area (Å²) < 4.78 is 52.1. The minimum atomic E-state index is -3.92. The van der Waals surface area contributed by atoms with Gasteiger partial charge in [0.05, 0.1) is 43.8 Å². The fraction of sp³-hybridized carbons (Fsp3) is 0.553. The molecular formula is C47H59N5O10S. The summed E-state index contributed by atoms with van der Waals surface area (Å²) in [5.41, 5.74) is 1.04. The number of sulfonamides is 1. The van der Waals surface area contributed by atoms with Crippen LogP contribution in [0.3, 0.4) is 0 Å². The van der Waals surface area contributed by atoms with Gasteiger partial charge in [-0.15, -0.1) is 6.58 Å². The van der Waals surface area contributed by atoms with E-state index in [1.807, 2.05) is 56.3 Å². The van der Waals surface area contributed by atoms with Gasteiger partial charge in [0.2, 0.25) is 21.8 Å². The molecule has 16 heteroatoms. The van der Waals surface area contributed by atoms with Crippen LogP contribution in [0.4, 0.5) is 4.79 Å². The summed E-state index contributed by atoms with van der Waals surface area (Å²) in [5.74, 6) is -0.810. The molecule has 338 valence electrons. The van der Waals surface area contributed by atoms with E-state index in [-0.39, 0.29) is 31.9 Å². The monoisotopic (exact) mass is 885 g/mol. The molecule has 3 aromatic rings. The van der Waals surface area contributed by atoms with Gasteiger partial charge in [-0.2, -0.15) is 0 Å². The zero-order chi connectivity index (χ0) is 44.7. The number of carbonyl (C=O) groups is 4. The Kier molecular flexibility index (Phi) is 12.4. The van der Waals surface area contributed by atoms with E-state index < -0.39 is 74.1 Å². The number of benzene rings is 2. The predicted octanol–water partition coefficient (Wildman–Crippen LogP) is 5.97. The Hall–Kier alpha value is -5.38. The molecule has 2 aromatic carbocycles. The van der Waals surface area contributed by atoms with Crippen molar-refractivity contribution in [3.63, 3.8) is 0 Å². The molecule has 0 radical (unpaired) electrons. The lowest BCUT2D eigenvalue weighted by Crippen LogP contribution is -2.59. The van der Waals surface area contributed by atoms with Gasteiger partial charge in [0, 0.05) is 35.4 Å². The van der Waals surface area contributed by atoms with Crippen molar-refractivity contribution in [2.24, 2.45) is 17.3 Å². The van der Waals surface area contributed by atoms with E-state index in [0.29, 0.717) is 60.6 Å². The largest absolute Gasteiger partial charge is 0.497 e. The number of ether oxygens (including phenoxy) is 4. The molecule has 15 nitrogen and oxygen atoms in total. The summed E-state index contributed by atoms with van der Waals surface area (Å²) in [5, 5.41) is 5.88. The molecule has 5 aliphatic rings. The van der Waals surface area contributed by atoms with E-state index in [1.54, 1.807) is 14.2 Å². The number of rotatable bonds is 10. The van der Waals surface area contributed by atoms with Gasteiger partial charge in [0.1, 0.15) is 41.0 Å². The lowest BCUT2D eigenvalue weighted by Gasteiger charge is -2.35. The highest BCUT2D eigenvalue weighted by Crippen LogP contribution is 2.46. The van der Waals surface area contributed by atoms with E-state index in [0.717, 1.165) is 48.6 Å².